The largest absolute Gasteiger partial charge is 0.495 e. The summed E-state index contributed by atoms with van der Waals surface area (Å²) in [7, 11) is 1.60. The van der Waals surface area contributed by atoms with Crippen LogP contribution in [0.25, 0.3) is 11.3 Å². The summed E-state index contributed by atoms with van der Waals surface area (Å²) in [6.45, 7) is 5.86. The van der Waals surface area contributed by atoms with Crippen LogP contribution < -0.4 is 15.0 Å². The molecule has 1 aromatic heterocycles. The van der Waals surface area contributed by atoms with Crippen LogP contribution in [0.5, 0.6) is 5.75 Å². The Labute approximate surface area is 165 Å². The highest BCUT2D eigenvalue weighted by molar-refractivity contribution is 6.32. The van der Waals surface area contributed by atoms with E-state index in [1.54, 1.807) is 7.11 Å². The molecule has 5 nitrogen and oxygen atoms in total. The summed E-state index contributed by atoms with van der Waals surface area (Å²) >= 11 is 6.24. The van der Waals surface area contributed by atoms with Crippen molar-refractivity contribution in [2.75, 3.05) is 30.4 Å². The zero-order valence-corrected chi connectivity index (χ0v) is 16.5. The zero-order valence-electron chi connectivity index (χ0n) is 15.7. The molecule has 0 spiro atoms. The molecule has 0 unspecified atom stereocenters. The van der Waals surface area contributed by atoms with Crippen LogP contribution in [0.4, 0.5) is 17.5 Å². The van der Waals surface area contributed by atoms with Gasteiger partial charge in [0.25, 0.3) is 0 Å². The lowest BCUT2D eigenvalue weighted by Crippen LogP contribution is -2.24. The van der Waals surface area contributed by atoms with Crippen molar-refractivity contribution in [2.45, 2.75) is 13.8 Å². The van der Waals surface area contributed by atoms with E-state index < -0.39 is 0 Å². The van der Waals surface area contributed by atoms with E-state index in [9.17, 15) is 0 Å². The summed E-state index contributed by atoms with van der Waals surface area (Å²) < 4.78 is 5.21. The first-order valence-corrected chi connectivity index (χ1v) is 9.32. The van der Waals surface area contributed by atoms with Gasteiger partial charge in [0.05, 0.1) is 17.8 Å². The summed E-state index contributed by atoms with van der Waals surface area (Å²) in [4.78, 5) is 11.6. The first-order valence-electron chi connectivity index (χ1n) is 8.94. The molecular weight excluding hydrogens is 360 g/mol. The van der Waals surface area contributed by atoms with Crippen molar-refractivity contribution in [3.05, 3.63) is 59.6 Å². The third-order valence-corrected chi connectivity index (χ3v) is 4.55. The van der Waals surface area contributed by atoms with E-state index in [4.69, 9.17) is 26.3 Å². The number of hydrogen-bond donors (Lipinski definition) is 1. The van der Waals surface area contributed by atoms with E-state index in [0.717, 1.165) is 30.0 Å². The van der Waals surface area contributed by atoms with Crippen LogP contribution in [-0.4, -0.2) is 30.2 Å². The molecular formula is C21H23ClN4O. The quantitative estimate of drug-likeness (QED) is 0.593. The van der Waals surface area contributed by atoms with Crippen molar-refractivity contribution in [2.24, 2.45) is 0 Å². The van der Waals surface area contributed by atoms with Crippen molar-refractivity contribution >= 4 is 29.1 Å². The van der Waals surface area contributed by atoms with Crippen LogP contribution >= 0.6 is 11.6 Å². The Bertz CT molecular complexity index is 898. The Morgan fingerprint density at radius 2 is 1.74 bits per heavy atom. The van der Waals surface area contributed by atoms with Crippen LogP contribution in [0.1, 0.15) is 13.8 Å². The molecule has 0 saturated carbocycles. The zero-order chi connectivity index (χ0) is 19.2. The molecule has 2 aromatic carbocycles. The lowest BCUT2D eigenvalue weighted by molar-refractivity contribution is 0.415. The fraction of sp³-hybridized carbons (Fsp3) is 0.238. The molecule has 1 heterocycles. The molecule has 0 bridgehead atoms. The molecule has 0 amide bonds. The Hall–Kier alpha value is -2.79. The van der Waals surface area contributed by atoms with E-state index in [1.165, 1.54) is 0 Å². The van der Waals surface area contributed by atoms with E-state index in [0.29, 0.717) is 22.5 Å². The van der Waals surface area contributed by atoms with Crippen molar-refractivity contribution in [1.29, 1.82) is 0 Å². The normalized spacial score (nSPS) is 10.5. The molecule has 6 heteroatoms. The van der Waals surface area contributed by atoms with Crippen molar-refractivity contribution in [1.82, 2.24) is 9.97 Å². The highest BCUT2D eigenvalue weighted by Crippen LogP contribution is 2.30. The average molecular weight is 383 g/mol. The minimum atomic E-state index is 0.545. The van der Waals surface area contributed by atoms with Gasteiger partial charge in [-0.15, -0.1) is 0 Å². The minimum Gasteiger partial charge on any atom is -0.495 e. The van der Waals surface area contributed by atoms with E-state index >= 15 is 0 Å². The maximum Gasteiger partial charge on any atom is 0.227 e. The molecule has 27 heavy (non-hydrogen) atoms. The fourth-order valence-electron chi connectivity index (χ4n) is 2.80. The number of ether oxygens (including phenoxy) is 1. The Balaban J connectivity index is 2.00. The standard InChI is InChI=1S/C21H23ClN4O/c1-4-26(5-2)21-24-18(15-9-7-6-8-10-15)14-20(25-21)23-16-11-12-19(27-3)17(22)13-16/h6-14H,4-5H2,1-3H3,(H,23,24,25). The number of methoxy groups -OCH3 is 1. The minimum absolute atomic E-state index is 0.545. The number of hydrogen-bond acceptors (Lipinski definition) is 5. The highest BCUT2D eigenvalue weighted by Gasteiger charge is 2.12. The van der Waals surface area contributed by atoms with Gasteiger partial charge in [-0.3, -0.25) is 0 Å². The fourth-order valence-corrected chi connectivity index (χ4v) is 3.05. The van der Waals surface area contributed by atoms with Gasteiger partial charge in [-0.05, 0) is 32.0 Å². The van der Waals surface area contributed by atoms with Gasteiger partial charge in [0.2, 0.25) is 5.95 Å². The predicted molar refractivity (Wildman–Crippen MR) is 112 cm³/mol. The third kappa shape index (κ3) is 4.49. The van der Waals surface area contributed by atoms with Gasteiger partial charge in [0.15, 0.2) is 0 Å². The second-order valence-corrected chi connectivity index (χ2v) is 6.36. The number of aromatic nitrogens is 2. The molecule has 0 aliphatic heterocycles. The first kappa shape index (κ1) is 19.0. The van der Waals surface area contributed by atoms with E-state index in [2.05, 4.69) is 24.1 Å². The molecule has 0 aliphatic carbocycles. The van der Waals surface area contributed by atoms with Crippen LogP contribution in [-0.2, 0) is 0 Å². The van der Waals surface area contributed by atoms with Gasteiger partial charge in [0, 0.05) is 30.4 Å². The monoisotopic (exact) mass is 382 g/mol. The molecule has 0 aliphatic rings. The van der Waals surface area contributed by atoms with Gasteiger partial charge in [-0.25, -0.2) is 4.98 Å². The molecule has 3 aromatic rings. The first-order chi connectivity index (χ1) is 13.1. The SMILES string of the molecule is CCN(CC)c1nc(Nc2ccc(OC)c(Cl)c2)cc(-c2ccccc2)n1. The molecule has 0 fully saturated rings. The van der Waals surface area contributed by atoms with Crippen LogP contribution in [0, 0.1) is 0 Å². The summed E-state index contributed by atoms with van der Waals surface area (Å²) in [5.41, 5.74) is 2.75. The number of nitrogens with one attached hydrogen (secondary N) is 1. The summed E-state index contributed by atoms with van der Waals surface area (Å²) in [6.07, 6.45) is 0. The lowest BCUT2D eigenvalue weighted by Gasteiger charge is -2.20. The number of halogens is 1. The van der Waals surface area contributed by atoms with Gasteiger partial charge in [0.1, 0.15) is 11.6 Å². The number of anilines is 3. The van der Waals surface area contributed by atoms with Crippen molar-refractivity contribution in [3.8, 4) is 17.0 Å². The molecule has 1 N–H and O–H groups in total. The maximum absolute atomic E-state index is 6.24. The number of nitrogens with zero attached hydrogens (tertiary/aromatic N) is 3. The van der Waals surface area contributed by atoms with Gasteiger partial charge >= 0.3 is 0 Å². The molecule has 3 rings (SSSR count). The van der Waals surface area contributed by atoms with Crippen molar-refractivity contribution in [3.63, 3.8) is 0 Å². The summed E-state index contributed by atoms with van der Waals surface area (Å²) in [5.74, 6) is 2.05. The molecule has 0 atom stereocenters. The predicted octanol–water partition coefficient (Wildman–Crippen LogP) is 5.40. The Morgan fingerprint density at radius 1 is 1.00 bits per heavy atom. The van der Waals surface area contributed by atoms with Gasteiger partial charge < -0.3 is 15.0 Å². The molecule has 140 valence electrons. The molecule has 0 radical (unpaired) electrons. The Kier molecular flexibility index (Phi) is 6.14. The summed E-state index contributed by atoms with van der Waals surface area (Å²) in [5, 5.41) is 3.88. The Morgan fingerprint density at radius 3 is 2.37 bits per heavy atom. The topological polar surface area (TPSA) is 50.3 Å². The second kappa shape index (κ2) is 8.73. The third-order valence-electron chi connectivity index (χ3n) is 4.25. The highest BCUT2D eigenvalue weighted by atomic mass is 35.5. The van der Waals surface area contributed by atoms with E-state index in [-0.39, 0.29) is 0 Å². The van der Waals surface area contributed by atoms with Crippen molar-refractivity contribution < 1.29 is 4.74 Å². The van der Waals surface area contributed by atoms with E-state index in [1.807, 2.05) is 54.6 Å². The smallest absolute Gasteiger partial charge is 0.227 e. The van der Waals surface area contributed by atoms with Crippen LogP contribution in [0.3, 0.4) is 0 Å². The lowest BCUT2D eigenvalue weighted by atomic mass is 10.1. The molecule has 0 saturated heterocycles. The number of rotatable bonds is 7. The average Bonchev–Trinajstić information content (AvgIpc) is 2.70. The van der Waals surface area contributed by atoms with Crippen LogP contribution in [0.15, 0.2) is 54.6 Å². The van der Waals surface area contributed by atoms with Crippen LogP contribution in [0.2, 0.25) is 5.02 Å². The van der Waals surface area contributed by atoms with Gasteiger partial charge in [-0.1, -0.05) is 41.9 Å². The maximum atomic E-state index is 6.24. The summed E-state index contributed by atoms with van der Waals surface area (Å²) in [6, 6.07) is 17.6. The van der Waals surface area contributed by atoms with Gasteiger partial charge in [-0.2, -0.15) is 4.98 Å². The second-order valence-electron chi connectivity index (χ2n) is 5.95. The number of benzene rings is 2.